The number of fused-ring (bicyclic) bond motifs is 10. The molecule has 0 bridgehead atoms. The molecule has 0 saturated heterocycles. The Bertz CT molecular complexity index is 2720. The van der Waals surface area contributed by atoms with Crippen LogP contribution in [0.25, 0.3) is 81.6 Å². The summed E-state index contributed by atoms with van der Waals surface area (Å²) in [5.41, 5.74) is 9.11. The molecular formula is C42H29N3SSi. The Hall–Kier alpha value is -5.36. The molecule has 0 unspecified atom stereocenters. The van der Waals surface area contributed by atoms with Crippen molar-refractivity contribution in [2.24, 2.45) is 0 Å². The lowest BCUT2D eigenvalue weighted by molar-refractivity contribution is 1.16. The number of rotatable bonds is 3. The lowest BCUT2D eigenvalue weighted by atomic mass is 10.0. The Morgan fingerprint density at radius 1 is 0.553 bits per heavy atom. The fourth-order valence-corrected chi connectivity index (χ4v) is 12.4. The van der Waals surface area contributed by atoms with Gasteiger partial charge in [-0.05, 0) is 40.2 Å². The van der Waals surface area contributed by atoms with Crippen molar-refractivity contribution in [3.8, 4) is 39.6 Å². The quantitative estimate of drug-likeness (QED) is 0.181. The van der Waals surface area contributed by atoms with Gasteiger partial charge in [-0.2, -0.15) is 0 Å². The largest absolute Gasteiger partial charge is 0.309 e. The highest BCUT2D eigenvalue weighted by molar-refractivity contribution is 7.26. The van der Waals surface area contributed by atoms with Crippen molar-refractivity contribution in [1.29, 1.82) is 0 Å². The van der Waals surface area contributed by atoms with Crippen molar-refractivity contribution in [3.05, 3.63) is 140 Å². The van der Waals surface area contributed by atoms with Crippen molar-refractivity contribution in [2.75, 3.05) is 0 Å². The molecule has 6 aromatic carbocycles. The number of para-hydroxylation sites is 2. The van der Waals surface area contributed by atoms with Crippen LogP contribution >= 0.6 is 11.3 Å². The molecule has 0 amide bonds. The third kappa shape index (κ3) is 3.72. The minimum Gasteiger partial charge on any atom is -0.309 e. The molecule has 0 aliphatic carbocycles. The summed E-state index contributed by atoms with van der Waals surface area (Å²) in [7, 11) is -2.14. The van der Waals surface area contributed by atoms with E-state index in [-0.39, 0.29) is 0 Å². The van der Waals surface area contributed by atoms with Crippen molar-refractivity contribution in [2.45, 2.75) is 13.1 Å². The maximum Gasteiger partial charge on any atom is 0.160 e. The van der Waals surface area contributed by atoms with Gasteiger partial charge in [0, 0.05) is 42.1 Å². The summed E-state index contributed by atoms with van der Waals surface area (Å²) in [5.74, 6) is 0.768. The monoisotopic (exact) mass is 635 g/mol. The number of hydrogen-bond donors (Lipinski definition) is 0. The van der Waals surface area contributed by atoms with E-state index >= 15 is 0 Å². The van der Waals surface area contributed by atoms with Crippen LogP contribution in [-0.2, 0) is 0 Å². The van der Waals surface area contributed by atoms with E-state index in [0.717, 1.165) is 34.0 Å². The third-order valence-electron chi connectivity index (χ3n) is 10.0. The van der Waals surface area contributed by atoms with E-state index in [0.29, 0.717) is 0 Å². The molecule has 1 aliphatic rings. The maximum atomic E-state index is 5.49. The fraction of sp³-hybridized carbons (Fsp3) is 0.0476. The number of hydrogen-bond acceptors (Lipinski definition) is 3. The van der Waals surface area contributed by atoms with Gasteiger partial charge in [0.25, 0.3) is 0 Å². The Morgan fingerprint density at radius 2 is 1.21 bits per heavy atom. The second-order valence-electron chi connectivity index (χ2n) is 13.0. The molecule has 1 aliphatic heterocycles. The summed E-state index contributed by atoms with van der Waals surface area (Å²) in [5, 5.41) is 7.98. The van der Waals surface area contributed by atoms with E-state index in [2.05, 4.69) is 151 Å². The van der Waals surface area contributed by atoms with Crippen LogP contribution in [0.5, 0.6) is 0 Å². The van der Waals surface area contributed by atoms with E-state index in [4.69, 9.17) is 9.97 Å². The highest BCUT2D eigenvalue weighted by Gasteiger charge is 2.42. The van der Waals surface area contributed by atoms with Crippen LogP contribution in [0.1, 0.15) is 0 Å². The second kappa shape index (κ2) is 9.82. The molecule has 47 heavy (non-hydrogen) atoms. The topological polar surface area (TPSA) is 30.7 Å². The van der Waals surface area contributed by atoms with Crippen molar-refractivity contribution >= 4 is 71.8 Å². The zero-order valence-corrected chi connectivity index (χ0v) is 27.8. The third-order valence-corrected chi connectivity index (χ3v) is 14.7. The van der Waals surface area contributed by atoms with Crippen LogP contribution in [0.4, 0.5) is 0 Å². The molecule has 0 radical (unpaired) electrons. The summed E-state index contributed by atoms with van der Waals surface area (Å²) in [6, 6.07) is 50.4. The summed E-state index contributed by atoms with van der Waals surface area (Å²) in [6.07, 6.45) is 0. The first-order valence-electron chi connectivity index (χ1n) is 16.1. The summed E-state index contributed by atoms with van der Waals surface area (Å²) < 4.78 is 5.13. The Labute approximate surface area is 277 Å². The smallest absolute Gasteiger partial charge is 0.160 e. The lowest BCUT2D eigenvalue weighted by Gasteiger charge is -2.23. The molecule has 0 N–H and O–H groups in total. The van der Waals surface area contributed by atoms with Crippen molar-refractivity contribution in [1.82, 2.24) is 14.5 Å². The van der Waals surface area contributed by atoms with E-state index < -0.39 is 8.07 Å². The second-order valence-corrected chi connectivity index (χ2v) is 18.3. The number of nitrogens with zero attached hydrogens (tertiary/aromatic N) is 3. The molecule has 0 fully saturated rings. The van der Waals surface area contributed by atoms with Gasteiger partial charge in [-0.15, -0.1) is 11.3 Å². The van der Waals surface area contributed by atoms with Gasteiger partial charge in [-0.1, -0.05) is 128 Å². The highest BCUT2D eigenvalue weighted by Crippen LogP contribution is 2.44. The first-order chi connectivity index (χ1) is 23.1. The van der Waals surface area contributed by atoms with Crippen LogP contribution in [0.15, 0.2) is 140 Å². The van der Waals surface area contributed by atoms with E-state index in [9.17, 15) is 0 Å². The Morgan fingerprint density at radius 3 is 2.06 bits per heavy atom. The standard InChI is InChI=1S/C42H29N3SSi/c1-47(2)36-23-13-9-19-31(36)39-41(47)38(43-42(44-39)26-14-4-3-5-15-26)30-18-7-11-21-33(30)45-32-20-10-6-17-29(32)37-34(45)25-24-28-27-16-8-12-22-35(27)46-40(28)37/h3-25H,1-2H3. The highest BCUT2D eigenvalue weighted by atomic mass is 32.1. The summed E-state index contributed by atoms with van der Waals surface area (Å²) in [6.45, 7) is 4.90. The minimum absolute atomic E-state index is 0.768. The van der Waals surface area contributed by atoms with Crippen LogP contribution in [0, 0.1) is 0 Å². The fourth-order valence-electron chi connectivity index (χ4n) is 7.89. The number of benzene rings is 6. The normalized spacial score (nSPS) is 13.5. The Kier molecular flexibility index (Phi) is 5.60. The number of thiophene rings is 1. The van der Waals surface area contributed by atoms with Gasteiger partial charge in [-0.25, -0.2) is 9.97 Å². The van der Waals surface area contributed by atoms with Gasteiger partial charge in [-0.3, -0.25) is 0 Å². The van der Waals surface area contributed by atoms with Gasteiger partial charge in [0.1, 0.15) is 8.07 Å². The van der Waals surface area contributed by atoms with Gasteiger partial charge in [0.15, 0.2) is 5.82 Å². The average molecular weight is 636 g/mol. The summed E-state index contributed by atoms with van der Waals surface area (Å²) >= 11 is 1.90. The first kappa shape index (κ1) is 26.8. The van der Waals surface area contributed by atoms with Gasteiger partial charge < -0.3 is 4.57 Å². The molecule has 4 heterocycles. The molecule has 3 nitrogen and oxygen atoms in total. The van der Waals surface area contributed by atoms with Crippen LogP contribution in [-0.4, -0.2) is 22.6 Å². The van der Waals surface area contributed by atoms with Crippen molar-refractivity contribution < 1.29 is 0 Å². The zero-order chi connectivity index (χ0) is 31.3. The Balaban J connectivity index is 1.32. The van der Waals surface area contributed by atoms with Gasteiger partial charge in [0.2, 0.25) is 0 Å². The SMILES string of the molecule is C[Si]1(C)c2ccccc2-c2nc(-c3ccccc3)nc(-c3ccccc3-n3c4ccccc4c4c5sc6ccccc6c5ccc43)c21. The van der Waals surface area contributed by atoms with E-state index in [1.54, 1.807) is 0 Å². The molecular weight excluding hydrogens is 607 g/mol. The maximum absolute atomic E-state index is 5.49. The average Bonchev–Trinajstić information content (AvgIpc) is 3.74. The summed E-state index contributed by atoms with van der Waals surface area (Å²) in [4.78, 5) is 10.8. The van der Waals surface area contributed by atoms with Crippen LogP contribution < -0.4 is 10.4 Å². The molecule has 5 heteroatoms. The molecule has 10 rings (SSSR count). The van der Waals surface area contributed by atoms with E-state index in [1.165, 1.54) is 57.9 Å². The van der Waals surface area contributed by atoms with Crippen LogP contribution in [0.2, 0.25) is 13.1 Å². The van der Waals surface area contributed by atoms with E-state index in [1.807, 2.05) is 17.4 Å². The van der Waals surface area contributed by atoms with Crippen LogP contribution in [0.3, 0.4) is 0 Å². The molecule has 0 saturated carbocycles. The number of aromatic nitrogens is 3. The molecule has 9 aromatic rings. The zero-order valence-electron chi connectivity index (χ0n) is 26.0. The molecule has 222 valence electrons. The first-order valence-corrected chi connectivity index (χ1v) is 19.9. The lowest BCUT2D eigenvalue weighted by Crippen LogP contribution is -2.50. The molecule has 0 atom stereocenters. The van der Waals surface area contributed by atoms with Crippen molar-refractivity contribution in [3.63, 3.8) is 0 Å². The van der Waals surface area contributed by atoms with Gasteiger partial charge >= 0.3 is 0 Å². The van der Waals surface area contributed by atoms with Gasteiger partial charge in [0.05, 0.1) is 28.1 Å². The minimum atomic E-state index is -2.14. The molecule has 3 aromatic heterocycles. The predicted octanol–water partition coefficient (Wildman–Crippen LogP) is 10.1. The molecule has 0 spiro atoms. The predicted molar refractivity (Wildman–Crippen MR) is 202 cm³/mol.